The van der Waals surface area contributed by atoms with Crippen molar-refractivity contribution in [3.63, 3.8) is 0 Å². The monoisotopic (exact) mass is 231 g/mol. The Morgan fingerprint density at radius 3 is 2.53 bits per heavy atom. The minimum absolute atomic E-state index is 0.139. The first-order valence-corrected chi connectivity index (χ1v) is 6.71. The van der Waals surface area contributed by atoms with E-state index in [4.69, 9.17) is 5.73 Å². The van der Waals surface area contributed by atoms with E-state index in [1.807, 2.05) is 13.8 Å². The Balaban J connectivity index is 2.72. The van der Waals surface area contributed by atoms with Gasteiger partial charge < -0.3 is 5.73 Å². The highest BCUT2D eigenvalue weighted by Gasteiger charge is 2.24. The van der Waals surface area contributed by atoms with Gasteiger partial charge in [0.2, 0.25) is 0 Å². The largest absolute Gasteiger partial charge is 0.382 e. The van der Waals surface area contributed by atoms with Crippen molar-refractivity contribution in [2.45, 2.75) is 20.4 Å². The lowest BCUT2D eigenvalue weighted by Gasteiger charge is -2.23. The second kappa shape index (κ2) is 3.84. The third-order valence-electron chi connectivity index (χ3n) is 1.90. The lowest BCUT2D eigenvalue weighted by Crippen LogP contribution is -2.28. The number of nitrogens with zero attached hydrogens (tertiary/aromatic N) is 2. The number of nitrogens with two attached hydrogens (primary N) is 1. The van der Waals surface area contributed by atoms with E-state index in [1.165, 1.54) is 6.26 Å². The number of sulfone groups is 1. The summed E-state index contributed by atoms with van der Waals surface area (Å²) in [6, 6.07) is 1.69. The number of hydrogen-bond donors (Lipinski definition) is 1. The highest BCUT2D eigenvalue weighted by Crippen LogP contribution is 2.20. The molecule has 0 aliphatic heterocycles. The van der Waals surface area contributed by atoms with Gasteiger partial charge in [0.1, 0.15) is 15.7 Å². The standard InChI is InChI=1S/C9H17N3O2S/c1-9(2,7-15(3,13)14)6-12-5-4-8(10)11-12/h4-5H,6-7H2,1-3H3,(H2,10,11). The summed E-state index contributed by atoms with van der Waals surface area (Å²) in [6.07, 6.45) is 2.99. The minimum Gasteiger partial charge on any atom is -0.382 e. The van der Waals surface area contributed by atoms with Gasteiger partial charge in [-0.2, -0.15) is 5.10 Å². The molecule has 0 spiro atoms. The molecule has 2 N–H and O–H groups in total. The second-order valence-electron chi connectivity index (χ2n) is 4.67. The van der Waals surface area contributed by atoms with E-state index in [9.17, 15) is 8.42 Å². The van der Waals surface area contributed by atoms with Crippen LogP contribution in [0.5, 0.6) is 0 Å². The van der Waals surface area contributed by atoms with Crippen molar-refractivity contribution < 1.29 is 8.42 Å². The number of aromatic nitrogens is 2. The van der Waals surface area contributed by atoms with Gasteiger partial charge in [0.25, 0.3) is 0 Å². The highest BCUT2D eigenvalue weighted by molar-refractivity contribution is 7.90. The van der Waals surface area contributed by atoms with Crippen LogP contribution in [0.15, 0.2) is 12.3 Å². The predicted molar refractivity (Wildman–Crippen MR) is 60.1 cm³/mol. The first-order valence-electron chi connectivity index (χ1n) is 4.65. The van der Waals surface area contributed by atoms with Gasteiger partial charge in [-0.1, -0.05) is 13.8 Å². The molecule has 0 bridgehead atoms. The van der Waals surface area contributed by atoms with E-state index in [0.717, 1.165) is 0 Å². The molecule has 0 aliphatic rings. The van der Waals surface area contributed by atoms with Gasteiger partial charge in [0.15, 0.2) is 0 Å². The molecule has 0 fully saturated rings. The first-order chi connectivity index (χ1) is 6.68. The Kier molecular flexibility index (Phi) is 3.08. The summed E-state index contributed by atoms with van der Waals surface area (Å²) in [5.41, 5.74) is 5.13. The number of hydrogen-bond acceptors (Lipinski definition) is 4. The molecule has 6 heteroatoms. The molecule has 86 valence electrons. The molecule has 0 aliphatic carbocycles. The Bertz CT molecular complexity index is 434. The summed E-state index contributed by atoms with van der Waals surface area (Å²) in [4.78, 5) is 0. The number of anilines is 1. The maximum absolute atomic E-state index is 11.2. The molecule has 0 radical (unpaired) electrons. The molecule has 0 atom stereocenters. The number of rotatable bonds is 4. The van der Waals surface area contributed by atoms with Crippen LogP contribution in [0.25, 0.3) is 0 Å². The van der Waals surface area contributed by atoms with Crippen LogP contribution in [0.2, 0.25) is 0 Å². The van der Waals surface area contributed by atoms with Crippen LogP contribution in [0.4, 0.5) is 5.82 Å². The van der Waals surface area contributed by atoms with Crippen molar-refractivity contribution >= 4 is 15.7 Å². The van der Waals surface area contributed by atoms with E-state index in [2.05, 4.69) is 5.10 Å². The Morgan fingerprint density at radius 2 is 2.13 bits per heavy atom. The normalized spacial score (nSPS) is 13.0. The van der Waals surface area contributed by atoms with Crippen LogP contribution < -0.4 is 5.73 Å². The van der Waals surface area contributed by atoms with Crippen LogP contribution in [-0.4, -0.2) is 30.2 Å². The molecule has 1 rings (SSSR count). The molecule has 0 saturated carbocycles. The maximum atomic E-state index is 11.2. The van der Waals surface area contributed by atoms with Crippen molar-refractivity contribution in [3.05, 3.63) is 12.3 Å². The van der Waals surface area contributed by atoms with Gasteiger partial charge in [-0.05, 0) is 11.5 Å². The van der Waals surface area contributed by atoms with E-state index in [1.54, 1.807) is 16.9 Å². The van der Waals surface area contributed by atoms with Gasteiger partial charge in [-0.3, -0.25) is 4.68 Å². The lowest BCUT2D eigenvalue weighted by molar-refractivity contribution is 0.328. The molecule has 0 saturated heterocycles. The fourth-order valence-corrected chi connectivity index (χ4v) is 3.17. The van der Waals surface area contributed by atoms with Crippen LogP contribution >= 0.6 is 0 Å². The summed E-state index contributed by atoms with van der Waals surface area (Å²) in [5.74, 6) is 0.588. The zero-order chi connectivity index (χ0) is 11.7. The smallest absolute Gasteiger partial charge is 0.148 e. The molecular formula is C9H17N3O2S. The molecule has 1 aromatic rings. The van der Waals surface area contributed by atoms with E-state index in [0.29, 0.717) is 12.4 Å². The zero-order valence-electron chi connectivity index (χ0n) is 9.27. The maximum Gasteiger partial charge on any atom is 0.148 e. The lowest BCUT2D eigenvalue weighted by atomic mass is 9.97. The van der Waals surface area contributed by atoms with Crippen molar-refractivity contribution in [1.29, 1.82) is 0 Å². The average Bonchev–Trinajstić information content (AvgIpc) is 2.27. The molecule has 15 heavy (non-hydrogen) atoms. The molecule has 0 unspecified atom stereocenters. The van der Waals surface area contributed by atoms with E-state index >= 15 is 0 Å². The van der Waals surface area contributed by atoms with E-state index < -0.39 is 9.84 Å². The molecule has 0 aromatic carbocycles. The van der Waals surface area contributed by atoms with Crippen LogP contribution in [-0.2, 0) is 16.4 Å². The fourth-order valence-electron chi connectivity index (χ4n) is 1.66. The van der Waals surface area contributed by atoms with Crippen molar-refractivity contribution in [3.8, 4) is 0 Å². The minimum atomic E-state index is -2.97. The van der Waals surface area contributed by atoms with E-state index in [-0.39, 0.29) is 11.2 Å². The molecule has 1 aromatic heterocycles. The van der Waals surface area contributed by atoms with Crippen molar-refractivity contribution in [2.75, 3.05) is 17.7 Å². The predicted octanol–water partition coefficient (Wildman–Crippen LogP) is 0.536. The second-order valence-corrected chi connectivity index (χ2v) is 6.81. The summed E-state index contributed by atoms with van der Waals surface area (Å²) >= 11 is 0. The molecule has 5 nitrogen and oxygen atoms in total. The van der Waals surface area contributed by atoms with Crippen LogP contribution in [0.1, 0.15) is 13.8 Å². The molecular weight excluding hydrogens is 214 g/mol. The van der Waals surface area contributed by atoms with Crippen molar-refractivity contribution in [2.24, 2.45) is 5.41 Å². The molecule has 1 heterocycles. The van der Waals surface area contributed by atoms with Gasteiger partial charge >= 0.3 is 0 Å². The van der Waals surface area contributed by atoms with Crippen LogP contribution in [0.3, 0.4) is 0 Å². The summed E-state index contributed by atoms with van der Waals surface area (Å²) < 4.78 is 24.0. The topological polar surface area (TPSA) is 78.0 Å². The Morgan fingerprint density at radius 1 is 1.53 bits per heavy atom. The quantitative estimate of drug-likeness (QED) is 0.820. The van der Waals surface area contributed by atoms with Gasteiger partial charge in [0.05, 0.1) is 5.75 Å². The number of nitrogen functional groups attached to an aromatic ring is 1. The first kappa shape index (κ1) is 12.0. The Labute approximate surface area is 90.2 Å². The SMILES string of the molecule is CC(C)(Cn1ccc(N)n1)CS(C)(=O)=O. The highest BCUT2D eigenvalue weighted by atomic mass is 32.2. The molecule has 0 amide bonds. The average molecular weight is 231 g/mol. The van der Waals surface area contributed by atoms with Crippen molar-refractivity contribution in [1.82, 2.24) is 9.78 Å². The zero-order valence-corrected chi connectivity index (χ0v) is 10.1. The third kappa shape index (κ3) is 4.33. The van der Waals surface area contributed by atoms with Gasteiger partial charge in [-0.15, -0.1) is 0 Å². The van der Waals surface area contributed by atoms with Crippen LogP contribution in [0, 0.1) is 5.41 Å². The van der Waals surface area contributed by atoms with Gasteiger partial charge in [-0.25, -0.2) is 8.42 Å². The Hall–Kier alpha value is -1.04. The summed E-state index contributed by atoms with van der Waals surface area (Å²) in [6.45, 7) is 4.33. The van der Waals surface area contributed by atoms with Gasteiger partial charge in [0, 0.05) is 19.0 Å². The fraction of sp³-hybridized carbons (Fsp3) is 0.667. The summed E-state index contributed by atoms with van der Waals surface area (Å²) in [7, 11) is -2.97. The third-order valence-corrected chi connectivity index (χ3v) is 3.21. The summed E-state index contributed by atoms with van der Waals surface area (Å²) in [5, 5.41) is 4.03.